The van der Waals surface area contributed by atoms with E-state index in [-0.39, 0.29) is 11.4 Å². The van der Waals surface area contributed by atoms with Crippen LogP contribution in [0.2, 0.25) is 5.02 Å². The van der Waals surface area contributed by atoms with Crippen LogP contribution in [0.4, 0.5) is 0 Å². The third-order valence-corrected chi connectivity index (χ3v) is 3.12. The van der Waals surface area contributed by atoms with Gasteiger partial charge in [-0.3, -0.25) is 4.79 Å². The number of H-pyrrole nitrogens is 2. The molecule has 3 rings (SSSR count). The molecule has 0 radical (unpaired) electrons. The van der Waals surface area contributed by atoms with E-state index in [1.807, 2.05) is 13.0 Å². The number of aromatic nitrogens is 5. The van der Waals surface area contributed by atoms with Crippen molar-refractivity contribution in [3.8, 4) is 11.4 Å². The highest BCUT2D eigenvalue weighted by molar-refractivity contribution is 6.32. The average molecular weight is 262 g/mol. The Kier molecular flexibility index (Phi) is 2.38. The molecule has 0 bridgehead atoms. The average Bonchev–Trinajstić information content (AvgIpc) is 2.84. The van der Waals surface area contributed by atoms with Crippen LogP contribution >= 0.6 is 11.6 Å². The smallest absolute Gasteiger partial charge is 0.259 e. The highest BCUT2D eigenvalue weighted by atomic mass is 35.5. The van der Waals surface area contributed by atoms with Crippen LogP contribution in [0, 0.1) is 6.92 Å². The van der Waals surface area contributed by atoms with Crippen molar-refractivity contribution >= 4 is 22.5 Å². The molecule has 1 aromatic carbocycles. The van der Waals surface area contributed by atoms with Gasteiger partial charge in [0.2, 0.25) is 5.82 Å². The quantitative estimate of drug-likeness (QED) is 0.697. The zero-order valence-corrected chi connectivity index (χ0v) is 10.1. The third-order valence-electron chi connectivity index (χ3n) is 2.71. The zero-order chi connectivity index (χ0) is 12.7. The standard InChI is InChI=1S/C11H8ClN5O/c1-5-2-9-6(4-8(5)12)3-7(11(18)13-9)10-14-16-17-15-10/h2-4H,1H3,(H,13,18)(H,14,15,16,17). The first kappa shape index (κ1) is 10.9. The number of tetrazole rings is 1. The number of pyridine rings is 1. The topological polar surface area (TPSA) is 87.3 Å². The van der Waals surface area contributed by atoms with E-state index in [4.69, 9.17) is 11.6 Å². The Morgan fingerprint density at radius 2 is 2.11 bits per heavy atom. The number of benzene rings is 1. The lowest BCUT2D eigenvalue weighted by atomic mass is 10.1. The van der Waals surface area contributed by atoms with Crippen molar-refractivity contribution in [2.75, 3.05) is 0 Å². The Bertz CT molecular complexity index is 778. The summed E-state index contributed by atoms with van der Waals surface area (Å²) in [5, 5.41) is 14.8. The van der Waals surface area contributed by atoms with E-state index in [1.165, 1.54) is 0 Å². The second-order valence-corrected chi connectivity index (χ2v) is 4.34. The molecule has 0 fully saturated rings. The predicted molar refractivity (Wildman–Crippen MR) is 67.5 cm³/mol. The summed E-state index contributed by atoms with van der Waals surface area (Å²) in [6, 6.07) is 5.33. The molecule has 18 heavy (non-hydrogen) atoms. The molecular formula is C11H8ClN5O. The minimum absolute atomic E-state index is 0.259. The van der Waals surface area contributed by atoms with Gasteiger partial charge in [0.1, 0.15) is 0 Å². The van der Waals surface area contributed by atoms with Crippen molar-refractivity contribution in [2.24, 2.45) is 0 Å². The lowest BCUT2D eigenvalue weighted by Crippen LogP contribution is -2.09. The maximum absolute atomic E-state index is 11.9. The summed E-state index contributed by atoms with van der Waals surface area (Å²) in [6.07, 6.45) is 0. The second-order valence-electron chi connectivity index (χ2n) is 3.94. The number of hydrogen-bond donors (Lipinski definition) is 2. The van der Waals surface area contributed by atoms with Gasteiger partial charge in [-0.05, 0) is 35.9 Å². The number of halogens is 1. The first-order valence-electron chi connectivity index (χ1n) is 5.22. The van der Waals surface area contributed by atoms with Gasteiger partial charge in [-0.1, -0.05) is 11.6 Å². The van der Waals surface area contributed by atoms with Crippen LogP contribution in [0.5, 0.6) is 0 Å². The first-order chi connectivity index (χ1) is 8.65. The molecule has 90 valence electrons. The number of aryl methyl sites for hydroxylation is 1. The van der Waals surface area contributed by atoms with Crippen LogP contribution in [0.3, 0.4) is 0 Å². The van der Waals surface area contributed by atoms with E-state index in [0.717, 1.165) is 16.5 Å². The molecule has 0 amide bonds. The summed E-state index contributed by atoms with van der Waals surface area (Å²) in [7, 11) is 0. The largest absolute Gasteiger partial charge is 0.321 e. The fourth-order valence-electron chi connectivity index (χ4n) is 1.78. The van der Waals surface area contributed by atoms with E-state index in [1.54, 1.807) is 12.1 Å². The number of rotatable bonds is 1. The molecule has 0 aliphatic rings. The van der Waals surface area contributed by atoms with Gasteiger partial charge in [0.25, 0.3) is 5.56 Å². The van der Waals surface area contributed by atoms with Crippen LogP contribution in [-0.4, -0.2) is 25.6 Å². The van der Waals surface area contributed by atoms with Crippen LogP contribution in [0.15, 0.2) is 23.0 Å². The van der Waals surface area contributed by atoms with Gasteiger partial charge in [-0.2, -0.15) is 5.21 Å². The minimum atomic E-state index is -0.259. The van der Waals surface area contributed by atoms with Crippen molar-refractivity contribution in [1.29, 1.82) is 0 Å². The Hall–Kier alpha value is -2.21. The molecule has 0 saturated heterocycles. The predicted octanol–water partition coefficient (Wildman–Crippen LogP) is 1.67. The molecule has 3 aromatic rings. The highest BCUT2D eigenvalue weighted by Gasteiger charge is 2.10. The number of nitrogens with one attached hydrogen (secondary N) is 2. The molecule has 0 saturated carbocycles. The Morgan fingerprint density at radius 3 is 2.83 bits per heavy atom. The van der Waals surface area contributed by atoms with E-state index in [0.29, 0.717) is 10.6 Å². The zero-order valence-electron chi connectivity index (χ0n) is 9.36. The number of aromatic amines is 2. The van der Waals surface area contributed by atoms with Gasteiger partial charge >= 0.3 is 0 Å². The van der Waals surface area contributed by atoms with E-state index >= 15 is 0 Å². The van der Waals surface area contributed by atoms with Crippen molar-refractivity contribution in [3.05, 3.63) is 39.1 Å². The van der Waals surface area contributed by atoms with Gasteiger partial charge in [-0.25, -0.2) is 0 Å². The van der Waals surface area contributed by atoms with Gasteiger partial charge < -0.3 is 4.98 Å². The summed E-state index contributed by atoms with van der Waals surface area (Å²) in [6.45, 7) is 1.88. The van der Waals surface area contributed by atoms with Crippen LogP contribution in [-0.2, 0) is 0 Å². The molecule has 2 aromatic heterocycles. The Labute approximate surface area is 106 Å². The fourth-order valence-corrected chi connectivity index (χ4v) is 1.95. The molecule has 0 aliphatic heterocycles. The van der Waals surface area contributed by atoms with Gasteiger partial charge in [0, 0.05) is 15.9 Å². The summed E-state index contributed by atoms with van der Waals surface area (Å²) >= 11 is 6.06. The fraction of sp³-hybridized carbons (Fsp3) is 0.0909. The van der Waals surface area contributed by atoms with E-state index in [9.17, 15) is 4.79 Å². The number of fused-ring (bicyclic) bond motifs is 1. The molecule has 0 atom stereocenters. The van der Waals surface area contributed by atoms with Crippen LogP contribution < -0.4 is 5.56 Å². The molecule has 0 spiro atoms. The summed E-state index contributed by atoms with van der Waals surface area (Å²) < 4.78 is 0. The van der Waals surface area contributed by atoms with Gasteiger partial charge in [-0.15, -0.1) is 10.2 Å². The second kappa shape index (κ2) is 3.92. The molecular weight excluding hydrogens is 254 g/mol. The van der Waals surface area contributed by atoms with Crippen molar-refractivity contribution in [3.63, 3.8) is 0 Å². The first-order valence-corrected chi connectivity index (χ1v) is 5.60. The van der Waals surface area contributed by atoms with Gasteiger partial charge in [0.15, 0.2) is 0 Å². The molecule has 6 nitrogen and oxygen atoms in total. The SMILES string of the molecule is Cc1cc2[nH]c(=O)c(-c3nn[nH]n3)cc2cc1Cl. The van der Waals surface area contributed by atoms with Crippen LogP contribution in [0.1, 0.15) is 5.56 Å². The van der Waals surface area contributed by atoms with E-state index in [2.05, 4.69) is 25.6 Å². The van der Waals surface area contributed by atoms with E-state index < -0.39 is 0 Å². The number of hydrogen-bond acceptors (Lipinski definition) is 4. The monoisotopic (exact) mass is 261 g/mol. The lowest BCUT2D eigenvalue weighted by Gasteiger charge is -2.03. The molecule has 7 heteroatoms. The Morgan fingerprint density at radius 1 is 1.28 bits per heavy atom. The summed E-state index contributed by atoms with van der Waals surface area (Å²) in [4.78, 5) is 14.7. The maximum Gasteiger partial charge on any atom is 0.259 e. The van der Waals surface area contributed by atoms with Gasteiger partial charge in [0.05, 0.1) is 5.56 Å². The summed E-state index contributed by atoms with van der Waals surface area (Å²) in [5.74, 6) is 0.259. The van der Waals surface area contributed by atoms with Crippen LogP contribution in [0.25, 0.3) is 22.3 Å². The number of nitrogens with zero attached hydrogens (tertiary/aromatic N) is 3. The van der Waals surface area contributed by atoms with Crippen molar-refractivity contribution in [2.45, 2.75) is 6.92 Å². The minimum Gasteiger partial charge on any atom is -0.321 e. The molecule has 2 N–H and O–H groups in total. The lowest BCUT2D eigenvalue weighted by molar-refractivity contribution is 0.881. The maximum atomic E-state index is 11.9. The molecule has 0 aliphatic carbocycles. The van der Waals surface area contributed by atoms with Crippen molar-refractivity contribution < 1.29 is 0 Å². The summed E-state index contributed by atoms with van der Waals surface area (Å²) in [5.41, 5.74) is 1.74. The third kappa shape index (κ3) is 1.67. The Balaban J connectivity index is 2.33. The normalized spacial score (nSPS) is 11.0. The molecule has 0 unspecified atom stereocenters. The van der Waals surface area contributed by atoms with Crippen molar-refractivity contribution in [1.82, 2.24) is 25.6 Å². The molecule has 2 heterocycles. The highest BCUT2D eigenvalue weighted by Crippen LogP contribution is 2.23.